The van der Waals surface area contributed by atoms with Crippen molar-refractivity contribution in [2.45, 2.75) is 23.0 Å². The van der Waals surface area contributed by atoms with Gasteiger partial charge in [-0.1, -0.05) is 48.5 Å². The first-order valence-electron chi connectivity index (χ1n) is 7.91. The summed E-state index contributed by atoms with van der Waals surface area (Å²) in [5.74, 6) is -1.77. The Bertz CT molecular complexity index is 806. The van der Waals surface area contributed by atoms with Gasteiger partial charge >= 0.3 is 0 Å². The van der Waals surface area contributed by atoms with Gasteiger partial charge in [-0.3, -0.25) is 14.5 Å². The fourth-order valence-corrected chi connectivity index (χ4v) is 3.95. The number of likely N-dealkylation sites (tertiary alicyclic amines) is 1. The second-order valence-corrected chi connectivity index (χ2v) is 6.96. The molecule has 1 aliphatic rings. The third-order valence-electron chi connectivity index (χ3n) is 4.05. The molecule has 1 aliphatic heterocycles. The van der Waals surface area contributed by atoms with Crippen LogP contribution in [0.2, 0.25) is 0 Å². The van der Waals surface area contributed by atoms with Crippen molar-refractivity contribution in [2.75, 3.05) is 6.54 Å². The van der Waals surface area contributed by atoms with Crippen molar-refractivity contribution >= 4 is 29.5 Å². The smallest absolute Gasteiger partial charge is 0.243 e. The molecule has 3 rings (SSSR count). The van der Waals surface area contributed by atoms with Gasteiger partial charge in [-0.05, 0) is 18.1 Å². The Morgan fingerprint density at radius 2 is 1.76 bits per heavy atom. The van der Waals surface area contributed by atoms with Crippen molar-refractivity contribution in [1.29, 1.82) is 0 Å². The van der Waals surface area contributed by atoms with Crippen LogP contribution in [0.3, 0.4) is 0 Å². The molecule has 1 heterocycles. The van der Waals surface area contributed by atoms with Crippen molar-refractivity contribution in [3.8, 4) is 0 Å². The number of carbonyl (C=O) groups is 3. The first kappa shape index (κ1) is 17.2. The lowest BCUT2D eigenvalue weighted by molar-refractivity contribution is -0.255. The lowest BCUT2D eigenvalue weighted by Crippen LogP contribution is -2.33. The standard InChI is InChI=1S/C19H17NO4S/c21-17-12-16(25-15-9-5-4-8-14(15)19(23)24)18(22)20(17)11-10-13-6-2-1-3-7-13/h1-9,16H,10-12H2,(H,23,24)/p-1. The predicted molar refractivity (Wildman–Crippen MR) is 91.9 cm³/mol. The van der Waals surface area contributed by atoms with Crippen molar-refractivity contribution in [1.82, 2.24) is 4.90 Å². The van der Waals surface area contributed by atoms with Gasteiger partial charge in [0.05, 0.1) is 11.2 Å². The quantitative estimate of drug-likeness (QED) is 0.735. The van der Waals surface area contributed by atoms with E-state index in [0.717, 1.165) is 17.3 Å². The van der Waals surface area contributed by atoms with Crippen LogP contribution in [0.25, 0.3) is 0 Å². The highest BCUT2D eigenvalue weighted by molar-refractivity contribution is 8.00. The van der Waals surface area contributed by atoms with Crippen molar-refractivity contribution < 1.29 is 19.5 Å². The Morgan fingerprint density at radius 1 is 1.08 bits per heavy atom. The van der Waals surface area contributed by atoms with Gasteiger partial charge in [0.2, 0.25) is 11.8 Å². The number of nitrogens with zero attached hydrogens (tertiary/aromatic N) is 1. The molecule has 1 saturated heterocycles. The Hall–Kier alpha value is -2.60. The summed E-state index contributed by atoms with van der Waals surface area (Å²) >= 11 is 1.11. The van der Waals surface area contributed by atoms with Gasteiger partial charge in [-0.2, -0.15) is 0 Å². The van der Waals surface area contributed by atoms with E-state index < -0.39 is 11.2 Å². The van der Waals surface area contributed by atoms with Crippen molar-refractivity contribution in [2.24, 2.45) is 0 Å². The molecule has 2 amide bonds. The molecule has 0 radical (unpaired) electrons. The normalized spacial score (nSPS) is 17.1. The molecule has 5 nitrogen and oxygen atoms in total. The molecule has 2 aromatic carbocycles. The third-order valence-corrected chi connectivity index (χ3v) is 5.31. The summed E-state index contributed by atoms with van der Waals surface area (Å²) in [6.45, 7) is 0.334. The highest BCUT2D eigenvalue weighted by Crippen LogP contribution is 2.33. The van der Waals surface area contributed by atoms with Crippen LogP contribution in [-0.2, 0) is 16.0 Å². The number of benzene rings is 2. The summed E-state index contributed by atoms with van der Waals surface area (Å²) in [6.07, 6.45) is 0.686. The first-order valence-corrected chi connectivity index (χ1v) is 8.79. The molecule has 128 valence electrons. The maximum atomic E-state index is 12.5. The van der Waals surface area contributed by atoms with Crippen LogP contribution < -0.4 is 5.11 Å². The van der Waals surface area contributed by atoms with Gasteiger partial charge in [-0.25, -0.2) is 0 Å². The number of hydrogen-bond acceptors (Lipinski definition) is 5. The molecule has 0 saturated carbocycles. The molecular formula is C19H16NO4S-. The molecule has 1 unspecified atom stereocenters. The van der Waals surface area contributed by atoms with Crippen LogP contribution in [0.5, 0.6) is 0 Å². The number of aromatic carboxylic acids is 1. The third kappa shape index (κ3) is 3.91. The number of imide groups is 1. The zero-order valence-corrected chi connectivity index (χ0v) is 14.2. The van der Waals surface area contributed by atoms with Crippen LogP contribution in [0.15, 0.2) is 59.5 Å². The summed E-state index contributed by atoms with van der Waals surface area (Å²) in [5, 5.41) is 10.6. The Labute approximate surface area is 149 Å². The van der Waals surface area contributed by atoms with E-state index in [0.29, 0.717) is 17.9 Å². The van der Waals surface area contributed by atoms with Gasteiger partial charge < -0.3 is 9.90 Å². The molecule has 0 spiro atoms. The van der Waals surface area contributed by atoms with E-state index in [1.54, 1.807) is 18.2 Å². The Kier molecular flexibility index (Phi) is 5.19. The molecule has 1 fully saturated rings. The van der Waals surface area contributed by atoms with Crippen LogP contribution in [0, 0.1) is 0 Å². The maximum absolute atomic E-state index is 12.5. The molecule has 1 atom stereocenters. The van der Waals surface area contributed by atoms with E-state index in [-0.39, 0.29) is 23.8 Å². The first-order chi connectivity index (χ1) is 12.1. The summed E-state index contributed by atoms with van der Waals surface area (Å²) in [6, 6.07) is 16.0. The lowest BCUT2D eigenvalue weighted by atomic mass is 10.1. The molecule has 0 bridgehead atoms. The molecule has 6 heteroatoms. The van der Waals surface area contributed by atoms with Crippen molar-refractivity contribution in [3.63, 3.8) is 0 Å². The summed E-state index contributed by atoms with van der Waals surface area (Å²) in [7, 11) is 0. The molecular weight excluding hydrogens is 338 g/mol. The van der Waals surface area contributed by atoms with Crippen LogP contribution in [-0.4, -0.2) is 34.5 Å². The average molecular weight is 354 g/mol. The molecule has 0 aromatic heterocycles. The number of carboxylic acids is 1. The number of hydrogen-bond donors (Lipinski definition) is 0. The molecule has 0 N–H and O–H groups in total. The van der Waals surface area contributed by atoms with E-state index in [1.165, 1.54) is 11.0 Å². The number of carbonyl (C=O) groups excluding carboxylic acids is 3. The number of rotatable bonds is 6. The Balaban J connectivity index is 1.68. The van der Waals surface area contributed by atoms with Crippen LogP contribution in [0.1, 0.15) is 22.3 Å². The SMILES string of the molecule is O=C([O-])c1ccccc1SC1CC(=O)N(CCc2ccccc2)C1=O. The topological polar surface area (TPSA) is 77.5 Å². The van der Waals surface area contributed by atoms with Gasteiger partial charge in [0.25, 0.3) is 0 Å². The van der Waals surface area contributed by atoms with Gasteiger partial charge in [0, 0.05) is 23.4 Å². The zero-order chi connectivity index (χ0) is 17.8. The highest BCUT2D eigenvalue weighted by atomic mass is 32.2. The average Bonchev–Trinajstić information content (AvgIpc) is 2.88. The monoisotopic (exact) mass is 354 g/mol. The van der Waals surface area contributed by atoms with E-state index in [2.05, 4.69) is 0 Å². The van der Waals surface area contributed by atoms with E-state index in [9.17, 15) is 19.5 Å². The van der Waals surface area contributed by atoms with Gasteiger partial charge in [-0.15, -0.1) is 11.8 Å². The minimum Gasteiger partial charge on any atom is -0.545 e. The molecule has 0 aliphatic carbocycles. The van der Waals surface area contributed by atoms with E-state index in [4.69, 9.17) is 0 Å². The summed E-state index contributed by atoms with van der Waals surface area (Å²) < 4.78 is 0. The number of amides is 2. The Morgan fingerprint density at radius 3 is 2.48 bits per heavy atom. The second-order valence-electron chi connectivity index (χ2n) is 5.71. The summed E-state index contributed by atoms with van der Waals surface area (Å²) in [5.41, 5.74) is 1.09. The van der Waals surface area contributed by atoms with Gasteiger partial charge in [0.15, 0.2) is 0 Å². The van der Waals surface area contributed by atoms with Crippen molar-refractivity contribution in [3.05, 3.63) is 65.7 Å². The van der Waals surface area contributed by atoms with E-state index >= 15 is 0 Å². The molecule has 2 aromatic rings. The summed E-state index contributed by atoms with van der Waals surface area (Å²) in [4.78, 5) is 37.6. The molecule has 25 heavy (non-hydrogen) atoms. The number of thioether (sulfide) groups is 1. The minimum atomic E-state index is -1.29. The lowest BCUT2D eigenvalue weighted by Gasteiger charge is -2.16. The predicted octanol–water partition coefficient (Wildman–Crippen LogP) is 1.51. The minimum absolute atomic E-state index is 0.0375. The highest BCUT2D eigenvalue weighted by Gasteiger charge is 2.39. The van der Waals surface area contributed by atoms with Crippen LogP contribution >= 0.6 is 11.8 Å². The number of carboxylic acid groups (broad SMARTS) is 1. The van der Waals surface area contributed by atoms with E-state index in [1.807, 2.05) is 30.3 Å². The largest absolute Gasteiger partial charge is 0.545 e. The zero-order valence-electron chi connectivity index (χ0n) is 13.4. The fraction of sp³-hybridized carbons (Fsp3) is 0.211. The van der Waals surface area contributed by atoms with Crippen LogP contribution in [0.4, 0.5) is 0 Å². The second kappa shape index (κ2) is 7.53. The fourth-order valence-electron chi connectivity index (χ4n) is 2.76. The van der Waals surface area contributed by atoms with Gasteiger partial charge in [0.1, 0.15) is 0 Å². The maximum Gasteiger partial charge on any atom is 0.243 e.